The summed E-state index contributed by atoms with van der Waals surface area (Å²) in [4.78, 5) is 23.0. The molecule has 0 bridgehead atoms. The normalized spacial score (nSPS) is 9.69. The molecule has 0 aromatic rings. The lowest BCUT2D eigenvalue weighted by Crippen LogP contribution is -2.27. The number of carboxylic acids is 1. The molecule has 0 aliphatic heterocycles. The zero-order chi connectivity index (χ0) is 10.3. The Hall–Kier alpha value is -1.06. The fourth-order valence-corrected chi connectivity index (χ4v) is 0.997. The van der Waals surface area contributed by atoms with Gasteiger partial charge in [-0.15, -0.1) is 0 Å². The van der Waals surface area contributed by atoms with Gasteiger partial charge in [-0.3, -0.25) is 9.59 Å². The van der Waals surface area contributed by atoms with Gasteiger partial charge in [-0.25, -0.2) is 0 Å². The van der Waals surface area contributed by atoms with Gasteiger partial charge in [-0.05, 0) is 12.8 Å². The van der Waals surface area contributed by atoms with Gasteiger partial charge < -0.3 is 10.0 Å². The summed E-state index contributed by atoms with van der Waals surface area (Å²) in [6, 6.07) is 0. The molecule has 0 fully saturated rings. The first-order valence-electron chi connectivity index (χ1n) is 4.53. The van der Waals surface area contributed by atoms with Gasteiger partial charge in [-0.2, -0.15) is 0 Å². The Kier molecular flexibility index (Phi) is 5.93. The van der Waals surface area contributed by atoms with Gasteiger partial charge in [0.25, 0.3) is 0 Å². The molecule has 1 N–H and O–H groups in total. The molecule has 0 radical (unpaired) electrons. The molecule has 0 unspecified atom stereocenters. The highest BCUT2D eigenvalue weighted by atomic mass is 16.4. The molecule has 1 amide bonds. The zero-order valence-electron chi connectivity index (χ0n) is 8.25. The highest BCUT2D eigenvalue weighted by Gasteiger charge is 2.07. The molecule has 4 nitrogen and oxygen atoms in total. The maximum atomic E-state index is 11.2. The van der Waals surface area contributed by atoms with E-state index >= 15 is 0 Å². The number of rotatable bonds is 6. The highest BCUT2D eigenvalue weighted by molar-refractivity contribution is 5.75. The third-order valence-corrected chi connectivity index (χ3v) is 1.77. The standard InChI is InChI=1S/C9H17NO3/c1-3-5-8(11)10(2)7-4-6-9(12)13/h3-7H2,1-2H3,(H,12,13). The maximum Gasteiger partial charge on any atom is 0.303 e. The second-order valence-corrected chi connectivity index (χ2v) is 3.06. The van der Waals surface area contributed by atoms with Crippen molar-refractivity contribution in [1.29, 1.82) is 0 Å². The summed E-state index contributed by atoms with van der Waals surface area (Å²) in [6.45, 7) is 2.48. The summed E-state index contributed by atoms with van der Waals surface area (Å²) in [7, 11) is 1.71. The lowest BCUT2D eigenvalue weighted by Gasteiger charge is -2.15. The number of nitrogens with zero attached hydrogens (tertiary/aromatic N) is 1. The predicted molar refractivity (Wildman–Crippen MR) is 49.4 cm³/mol. The molecule has 0 saturated heterocycles. The Bertz CT molecular complexity index is 180. The van der Waals surface area contributed by atoms with E-state index in [1.54, 1.807) is 11.9 Å². The van der Waals surface area contributed by atoms with E-state index in [1.807, 2.05) is 6.92 Å². The van der Waals surface area contributed by atoms with Gasteiger partial charge in [0, 0.05) is 26.4 Å². The summed E-state index contributed by atoms with van der Waals surface area (Å²) in [5, 5.41) is 8.36. The number of carbonyl (C=O) groups excluding carboxylic acids is 1. The predicted octanol–water partition coefficient (Wildman–Crippen LogP) is 1.11. The molecular formula is C9H17NO3. The van der Waals surface area contributed by atoms with Crippen molar-refractivity contribution in [3.05, 3.63) is 0 Å². The van der Waals surface area contributed by atoms with Crippen LogP contribution in [0.15, 0.2) is 0 Å². The van der Waals surface area contributed by atoms with Crippen LogP contribution in [-0.2, 0) is 9.59 Å². The van der Waals surface area contributed by atoms with Crippen molar-refractivity contribution in [3.63, 3.8) is 0 Å². The SMILES string of the molecule is CCCC(=O)N(C)CCCC(=O)O. The molecule has 0 aliphatic rings. The van der Waals surface area contributed by atoms with Crippen LogP contribution >= 0.6 is 0 Å². The fraction of sp³-hybridized carbons (Fsp3) is 0.778. The summed E-state index contributed by atoms with van der Waals surface area (Å²) in [5.41, 5.74) is 0. The van der Waals surface area contributed by atoms with Crippen LogP contribution in [0, 0.1) is 0 Å². The van der Waals surface area contributed by atoms with Crippen molar-refractivity contribution in [2.24, 2.45) is 0 Å². The van der Waals surface area contributed by atoms with Gasteiger partial charge in [0.1, 0.15) is 0 Å². The number of amides is 1. The van der Waals surface area contributed by atoms with Crippen LogP contribution in [0.2, 0.25) is 0 Å². The fourth-order valence-electron chi connectivity index (χ4n) is 0.997. The number of carboxylic acid groups (broad SMARTS) is 1. The smallest absolute Gasteiger partial charge is 0.303 e. The lowest BCUT2D eigenvalue weighted by atomic mass is 10.2. The number of aliphatic carboxylic acids is 1. The molecule has 4 heteroatoms. The molecule has 76 valence electrons. The van der Waals surface area contributed by atoms with E-state index in [0.717, 1.165) is 6.42 Å². The second kappa shape index (κ2) is 6.46. The van der Waals surface area contributed by atoms with E-state index in [1.165, 1.54) is 0 Å². The summed E-state index contributed by atoms with van der Waals surface area (Å²) in [6.07, 6.45) is 2.04. The van der Waals surface area contributed by atoms with Crippen LogP contribution < -0.4 is 0 Å². The number of carbonyl (C=O) groups is 2. The molecule has 0 rings (SSSR count). The van der Waals surface area contributed by atoms with Crippen molar-refractivity contribution in [3.8, 4) is 0 Å². The average molecular weight is 187 g/mol. The van der Waals surface area contributed by atoms with Gasteiger partial charge in [-0.1, -0.05) is 6.92 Å². The molecular weight excluding hydrogens is 170 g/mol. The van der Waals surface area contributed by atoms with Crippen LogP contribution in [-0.4, -0.2) is 35.5 Å². The van der Waals surface area contributed by atoms with Crippen LogP contribution in [0.3, 0.4) is 0 Å². The summed E-state index contributed by atoms with van der Waals surface area (Å²) in [5.74, 6) is -0.718. The van der Waals surface area contributed by atoms with Crippen molar-refractivity contribution in [2.75, 3.05) is 13.6 Å². The molecule has 13 heavy (non-hydrogen) atoms. The molecule has 0 atom stereocenters. The van der Waals surface area contributed by atoms with Gasteiger partial charge in [0.05, 0.1) is 0 Å². The van der Waals surface area contributed by atoms with E-state index in [2.05, 4.69) is 0 Å². The van der Waals surface area contributed by atoms with E-state index in [0.29, 0.717) is 19.4 Å². The Balaban J connectivity index is 3.55. The Morgan fingerprint density at radius 2 is 1.92 bits per heavy atom. The third-order valence-electron chi connectivity index (χ3n) is 1.77. The zero-order valence-corrected chi connectivity index (χ0v) is 8.25. The Morgan fingerprint density at radius 1 is 1.31 bits per heavy atom. The minimum Gasteiger partial charge on any atom is -0.481 e. The molecule has 0 aliphatic carbocycles. The van der Waals surface area contributed by atoms with Crippen LogP contribution in [0.4, 0.5) is 0 Å². The Labute approximate surface area is 78.5 Å². The minimum absolute atomic E-state index is 0.0906. The molecule has 0 saturated carbocycles. The maximum absolute atomic E-state index is 11.2. The van der Waals surface area contributed by atoms with Crippen molar-refractivity contribution in [1.82, 2.24) is 4.90 Å². The van der Waals surface area contributed by atoms with E-state index in [9.17, 15) is 9.59 Å². The van der Waals surface area contributed by atoms with Gasteiger partial charge in [0.15, 0.2) is 0 Å². The summed E-state index contributed by atoms with van der Waals surface area (Å²) >= 11 is 0. The lowest BCUT2D eigenvalue weighted by molar-refractivity contribution is -0.138. The van der Waals surface area contributed by atoms with E-state index in [-0.39, 0.29) is 12.3 Å². The quantitative estimate of drug-likeness (QED) is 0.677. The van der Waals surface area contributed by atoms with E-state index < -0.39 is 5.97 Å². The van der Waals surface area contributed by atoms with Crippen LogP contribution in [0.25, 0.3) is 0 Å². The largest absolute Gasteiger partial charge is 0.481 e. The molecule has 0 spiro atoms. The third kappa shape index (κ3) is 6.13. The first-order chi connectivity index (χ1) is 6.07. The first kappa shape index (κ1) is 11.9. The molecule has 0 aromatic carbocycles. The molecule has 0 aromatic heterocycles. The molecule has 0 heterocycles. The minimum atomic E-state index is -0.809. The van der Waals surface area contributed by atoms with Crippen molar-refractivity contribution < 1.29 is 14.7 Å². The average Bonchev–Trinajstić information content (AvgIpc) is 2.04. The van der Waals surface area contributed by atoms with Gasteiger partial charge >= 0.3 is 5.97 Å². The monoisotopic (exact) mass is 187 g/mol. The highest BCUT2D eigenvalue weighted by Crippen LogP contribution is 1.97. The number of hydrogen-bond donors (Lipinski definition) is 1. The number of hydrogen-bond acceptors (Lipinski definition) is 2. The summed E-state index contributed by atoms with van der Waals surface area (Å²) < 4.78 is 0. The van der Waals surface area contributed by atoms with Crippen LogP contribution in [0.5, 0.6) is 0 Å². The first-order valence-corrected chi connectivity index (χ1v) is 4.53. The van der Waals surface area contributed by atoms with Crippen molar-refractivity contribution in [2.45, 2.75) is 32.6 Å². The Morgan fingerprint density at radius 3 is 2.38 bits per heavy atom. The second-order valence-electron chi connectivity index (χ2n) is 3.06. The van der Waals surface area contributed by atoms with E-state index in [4.69, 9.17) is 5.11 Å². The van der Waals surface area contributed by atoms with Crippen LogP contribution in [0.1, 0.15) is 32.6 Å². The topological polar surface area (TPSA) is 57.6 Å². The van der Waals surface area contributed by atoms with Crippen molar-refractivity contribution >= 4 is 11.9 Å². The van der Waals surface area contributed by atoms with Gasteiger partial charge in [0.2, 0.25) is 5.91 Å².